The van der Waals surface area contributed by atoms with Crippen molar-refractivity contribution in [2.75, 3.05) is 13.1 Å². The molecule has 28 heavy (non-hydrogen) atoms. The van der Waals surface area contributed by atoms with Gasteiger partial charge in [-0.3, -0.25) is 9.59 Å². The van der Waals surface area contributed by atoms with Crippen LogP contribution in [0.2, 0.25) is 0 Å². The topological polar surface area (TPSA) is 45.6 Å². The Balaban J connectivity index is 1.73. The Bertz CT molecular complexity index is 780. The van der Waals surface area contributed by atoms with Gasteiger partial charge in [0.1, 0.15) is 0 Å². The molecule has 0 N–H and O–H groups in total. The summed E-state index contributed by atoms with van der Waals surface area (Å²) < 4.78 is 2.04. The molecule has 5 nitrogen and oxygen atoms in total. The van der Waals surface area contributed by atoms with E-state index in [-0.39, 0.29) is 24.3 Å². The maximum Gasteiger partial charge on any atom is 0.242 e. The van der Waals surface area contributed by atoms with Gasteiger partial charge in [0, 0.05) is 37.9 Å². The fourth-order valence-electron chi connectivity index (χ4n) is 3.61. The number of amides is 2. The molecule has 0 spiro atoms. The maximum atomic E-state index is 13.2. The summed E-state index contributed by atoms with van der Waals surface area (Å²) >= 11 is 0. The van der Waals surface area contributed by atoms with Gasteiger partial charge in [-0.1, -0.05) is 43.7 Å². The summed E-state index contributed by atoms with van der Waals surface area (Å²) in [6.45, 7) is 3.94. The normalized spacial score (nSPS) is 13.8. The van der Waals surface area contributed by atoms with E-state index in [2.05, 4.69) is 6.92 Å². The molecule has 2 amide bonds. The van der Waals surface area contributed by atoms with Gasteiger partial charge in [0.2, 0.25) is 11.8 Å². The maximum absolute atomic E-state index is 13.2. The molecule has 1 aromatic heterocycles. The molecule has 1 aromatic carbocycles. The minimum atomic E-state index is 0.00572. The van der Waals surface area contributed by atoms with E-state index in [1.54, 1.807) is 4.90 Å². The third-order valence-corrected chi connectivity index (χ3v) is 5.56. The fourth-order valence-corrected chi connectivity index (χ4v) is 3.61. The van der Waals surface area contributed by atoms with Crippen molar-refractivity contribution in [3.05, 3.63) is 59.9 Å². The molecule has 1 saturated carbocycles. The molecule has 0 unspecified atom stereocenters. The largest absolute Gasteiger partial charge is 0.353 e. The summed E-state index contributed by atoms with van der Waals surface area (Å²) in [5, 5.41) is 0. The van der Waals surface area contributed by atoms with Gasteiger partial charge in [0.15, 0.2) is 0 Å². The molecule has 0 aliphatic heterocycles. The standard InChI is InChI=1S/C23H31N3O2/c1-3-14-25(23(28)20-11-7-12-20)18-22(27)26(16-19-9-5-4-6-10-19)17-21-13-8-15-24(21)2/h4-6,8-10,13,15,20H,3,7,11-12,14,16-18H2,1-2H3. The Morgan fingerprint density at radius 2 is 1.79 bits per heavy atom. The molecule has 1 fully saturated rings. The van der Waals surface area contributed by atoms with E-state index in [0.29, 0.717) is 19.6 Å². The first-order valence-electron chi connectivity index (χ1n) is 10.3. The summed E-state index contributed by atoms with van der Waals surface area (Å²) in [5.74, 6) is 0.279. The van der Waals surface area contributed by atoms with E-state index in [0.717, 1.165) is 36.9 Å². The first-order valence-corrected chi connectivity index (χ1v) is 10.3. The lowest BCUT2D eigenvalue weighted by atomic mass is 9.84. The molecular weight excluding hydrogens is 350 g/mol. The minimum absolute atomic E-state index is 0.00572. The predicted octanol–water partition coefficient (Wildman–Crippen LogP) is 3.59. The first-order chi connectivity index (χ1) is 13.6. The zero-order valence-electron chi connectivity index (χ0n) is 17.0. The number of aromatic nitrogens is 1. The number of carbonyl (C=O) groups is 2. The quantitative estimate of drug-likeness (QED) is 0.666. The van der Waals surface area contributed by atoms with E-state index in [9.17, 15) is 9.59 Å². The average molecular weight is 382 g/mol. The molecule has 1 aliphatic rings. The number of hydrogen-bond donors (Lipinski definition) is 0. The molecular formula is C23H31N3O2. The smallest absolute Gasteiger partial charge is 0.242 e. The highest BCUT2D eigenvalue weighted by atomic mass is 16.2. The monoisotopic (exact) mass is 381 g/mol. The zero-order chi connectivity index (χ0) is 19.9. The van der Waals surface area contributed by atoms with Crippen LogP contribution in [0.5, 0.6) is 0 Å². The molecule has 150 valence electrons. The van der Waals surface area contributed by atoms with E-state index >= 15 is 0 Å². The van der Waals surface area contributed by atoms with E-state index in [1.165, 1.54) is 0 Å². The van der Waals surface area contributed by atoms with Gasteiger partial charge in [-0.05, 0) is 37.0 Å². The van der Waals surface area contributed by atoms with Gasteiger partial charge in [-0.15, -0.1) is 0 Å². The molecule has 0 bridgehead atoms. The molecule has 0 radical (unpaired) electrons. The Hall–Kier alpha value is -2.56. The van der Waals surface area contributed by atoms with Crippen LogP contribution >= 0.6 is 0 Å². The molecule has 5 heteroatoms. The lowest BCUT2D eigenvalue weighted by molar-refractivity contribution is -0.145. The van der Waals surface area contributed by atoms with E-state index in [1.807, 2.05) is 65.2 Å². The summed E-state index contributed by atoms with van der Waals surface area (Å²) in [6.07, 6.45) is 5.90. The van der Waals surface area contributed by atoms with E-state index < -0.39 is 0 Å². The Morgan fingerprint density at radius 1 is 1.04 bits per heavy atom. The molecule has 1 heterocycles. The number of aryl methyl sites for hydroxylation is 1. The van der Waals surface area contributed by atoms with Crippen LogP contribution in [0.4, 0.5) is 0 Å². The van der Waals surface area contributed by atoms with Gasteiger partial charge >= 0.3 is 0 Å². The van der Waals surface area contributed by atoms with Crippen LogP contribution < -0.4 is 0 Å². The predicted molar refractivity (Wildman–Crippen MR) is 110 cm³/mol. The highest BCUT2D eigenvalue weighted by Crippen LogP contribution is 2.28. The van der Waals surface area contributed by atoms with Crippen molar-refractivity contribution in [1.29, 1.82) is 0 Å². The summed E-state index contributed by atoms with van der Waals surface area (Å²) in [4.78, 5) is 29.6. The molecule has 0 atom stereocenters. The Kier molecular flexibility index (Phi) is 6.90. The number of nitrogens with zero attached hydrogens (tertiary/aromatic N) is 3. The third-order valence-electron chi connectivity index (χ3n) is 5.56. The van der Waals surface area contributed by atoms with Gasteiger partial charge in [0.05, 0.1) is 13.1 Å². The second-order valence-electron chi connectivity index (χ2n) is 7.73. The van der Waals surface area contributed by atoms with E-state index in [4.69, 9.17) is 0 Å². The summed E-state index contributed by atoms with van der Waals surface area (Å²) in [7, 11) is 1.99. The minimum Gasteiger partial charge on any atom is -0.353 e. The van der Waals surface area contributed by atoms with Crippen LogP contribution in [-0.4, -0.2) is 39.3 Å². The van der Waals surface area contributed by atoms with Crippen LogP contribution in [0, 0.1) is 5.92 Å². The van der Waals surface area contributed by atoms with Crippen molar-refractivity contribution in [3.63, 3.8) is 0 Å². The van der Waals surface area contributed by atoms with Crippen molar-refractivity contribution in [1.82, 2.24) is 14.4 Å². The lowest BCUT2D eigenvalue weighted by Crippen LogP contribution is -2.46. The summed E-state index contributed by atoms with van der Waals surface area (Å²) in [6, 6.07) is 14.1. The lowest BCUT2D eigenvalue weighted by Gasteiger charge is -2.33. The van der Waals surface area contributed by atoms with Crippen molar-refractivity contribution < 1.29 is 9.59 Å². The number of benzene rings is 1. The van der Waals surface area contributed by atoms with Crippen molar-refractivity contribution >= 4 is 11.8 Å². The van der Waals surface area contributed by atoms with Crippen LogP contribution in [-0.2, 0) is 29.7 Å². The third kappa shape index (κ3) is 5.03. The second-order valence-corrected chi connectivity index (χ2v) is 7.73. The van der Waals surface area contributed by atoms with Crippen LogP contribution in [0.15, 0.2) is 48.7 Å². The molecule has 0 saturated heterocycles. The highest BCUT2D eigenvalue weighted by molar-refractivity contribution is 5.86. The number of hydrogen-bond acceptors (Lipinski definition) is 2. The second kappa shape index (κ2) is 9.58. The van der Waals surface area contributed by atoms with Crippen LogP contribution in [0.3, 0.4) is 0 Å². The molecule has 3 rings (SSSR count). The van der Waals surface area contributed by atoms with Gasteiger partial charge in [-0.25, -0.2) is 0 Å². The highest BCUT2D eigenvalue weighted by Gasteiger charge is 2.31. The van der Waals surface area contributed by atoms with Crippen molar-refractivity contribution in [3.8, 4) is 0 Å². The van der Waals surface area contributed by atoms with Gasteiger partial charge in [-0.2, -0.15) is 0 Å². The number of carbonyl (C=O) groups excluding carboxylic acids is 2. The average Bonchev–Trinajstić information content (AvgIpc) is 3.05. The van der Waals surface area contributed by atoms with Crippen LogP contribution in [0.1, 0.15) is 43.9 Å². The van der Waals surface area contributed by atoms with Crippen molar-refractivity contribution in [2.24, 2.45) is 13.0 Å². The Labute approximate surface area is 167 Å². The number of rotatable bonds is 9. The molecule has 1 aliphatic carbocycles. The zero-order valence-corrected chi connectivity index (χ0v) is 17.0. The summed E-state index contributed by atoms with van der Waals surface area (Å²) in [5.41, 5.74) is 2.18. The first kappa shape index (κ1) is 20.2. The van der Waals surface area contributed by atoms with Gasteiger partial charge < -0.3 is 14.4 Å². The molecule has 2 aromatic rings. The SMILES string of the molecule is CCCN(CC(=O)N(Cc1ccccc1)Cc1cccn1C)C(=O)C1CCC1. The fraction of sp³-hybridized carbons (Fsp3) is 0.478. The Morgan fingerprint density at radius 3 is 2.36 bits per heavy atom. The van der Waals surface area contributed by atoms with Crippen molar-refractivity contribution in [2.45, 2.75) is 45.7 Å². The van der Waals surface area contributed by atoms with Crippen LogP contribution in [0.25, 0.3) is 0 Å². The van der Waals surface area contributed by atoms with Gasteiger partial charge in [0.25, 0.3) is 0 Å².